The monoisotopic (exact) mass is 234 g/mol. The lowest BCUT2D eigenvalue weighted by Crippen LogP contribution is -2.13. The highest BCUT2D eigenvalue weighted by atomic mass is 19.1. The molecule has 0 unspecified atom stereocenters. The predicted octanol–water partition coefficient (Wildman–Crippen LogP) is 3.48. The van der Waals surface area contributed by atoms with E-state index in [1.807, 2.05) is 20.8 Å². The molecule has 2 rings (SSSR count). The Morgan fingerprint density at radius 2 is 1.94 bits per heavy atom. The number of rotatable bonds is 1. The zero-order valence-electron chi connectivity index (χ0n) is 10.4. The quantitative estimate of drug-likeness (QED) is 0.758. The molecule has 0 N–H and O–H groups in total. The number of aryl methyl sites for hydroxylation is 1. The number of benzene rings is 1. The van der Waals surface area contributed by atoms with E-state index >= 15 is 0 Å². The van der Waals surface area contributed by atoms with Gasteiger partial charge in [-0.15, -0.1) is 0 Å². The number of halogens is 1. The third-order valence-electron chi connectivity index (χ3n) is 2.55. The Labute approximate surface area is 99.7 Å². The van der Waals surface area contributed by atoms with Crippen molar-refractivity contribution in [2.24, 2.45) is 0 Å². The van der Waals surface area contributed by atoms with Gasteiger partial charge in [0.15, 0.2) is 5.82 Å². The van der Waals surface area contributed by atoms with Gasteiger partial charge >= 0.3 is 0 Å². The molecule has 0 aliphatic carbocycles. The summed E-state index contributed by atoms with van der Waals surface area (Å²) in [6, 6.07) is 4.61. The molecule has 4 heteroatoms. The average molecular weight is 234 g/mol. The van der Waals surface area contributed by atoms with Crippen LogP contribution in [0, 0.1) is 12.7 Å². The first kappa shape index (κ1) is 11.8. The van der Waals surface area contributed by atoms with Crippen molar-refractivity contribution in [1.29, 1.82) is 0 Å². The first-order chi connectivity index (χ1) is 7.88. The molecule has 0 radical (unpaired) electrons. The van der Waals surface area contributed by atoms with E-state index in [9.17, 15) is 4.39 Å². The smallest absolute Gasteiger partial charge is 0.258 e. The van der Waals surface area contributed by atoms with E-state index in [1.165, 1.54) is 12.1 Å². The second kappa shape index (κ2) is 3.95. The van der Waals surface area contributed by atoms with Crippen LogP contribution in [0.4, 0.5) is 4.39 Å². The van der Waals surface area contributed by atoms with E-state index in [0.29, 0.717) is 11.7 Å². The highest BCUT2D eigenvalue weighted by Gasteiger charge is 2.22. The molecule has 2 aromatic rings. The van der Waals surface area contributed by atoms with Crippen LogP contribution in [0.2, 0.25) is 0 Å². The van der Waals surface area contributed by atoms with Gasteiger partial charge in [0.25, 0.3) is 5.89 Å². The average Bonchev–Trinajstić information content (AvgIpc) is 2.63. The van der Waals surface area contributed by atoms with Crippen LogP contribution in [0.1, 0.15) is 32.2 Å². The molecule has 1 aromatic carbocycles. The Morgan fingerprint density at radius 1 is 1.24 bits per heavy atom. The summed E-state index contributed by atoms with van der Waals surface area (Å²) in [6.07, 6.45) is 0. The van der Waals surface area contributed by atoms with Crippen molar-refractivity contribution in [3.63, 3.8) is 0 Å². The molecule has 0 fully saturated rings. The molecular weight excluding hydrogens is 219 g/mol. The van der Waals surface area contributed by atoms with E-state index in [-0.39, 0.29) is 11.2 Å². The van der Waals surface area contributed by atoms with Crippen molar-refractivity contribution in [3.8, 4) is 11.5 Å². The number of hydrogen-bond acceptors (Lipinski definition) is 3. The van der Waals surface area contributed by atoms with E-state index in [0.717, 1.165) is 11.1 Å². The molecule has 0 bridgehead atoms. The number of nitrogens with zero attached hydrogens (tertiary/aromatic N) is 2. The topological polar surface area (TPSA) is 38.9 Å². The van der Waals surface area contributed by atoms with Crippen LogP contribution in [-0.4, -0.2) is 10.1 Å². The summed E-state index contributed by atoms with van der Waals surface area (Å²) in [5.41, 5.74) is 1.47. The molecule has 1 aromatic heterocycles. The molecule has 90 valence electrons. The van der Waals surface area contributed by atoms with E-state index in [4.69, 9.17) is 4.52 Å². The van der Waals surface area contributed by atoms with Crippen LogP contribution in [-0.2, 0) is 5.41 Å². The fourth-order valence-corrected chi connectivity index (χ4v) is 1.73. The summed E-state index contributed by atoms with van der Waals surface area (Å²) in [5.74, 6) is 0.756. The zero-order chi connectivity index (χ0) is 12.6. The minimum absolute atomic E-state index is 0.181. The lowest BCUT2D eigenvalue weighted by Gasteiger charge is -2.21. The molecule has 0 aliphatic heterocycles. The maximum absolute atomic E-state index is 13.3. The van der Waals surface area contributed by atoms with Crippen molar-refractivity contribution in [1.82, 2.24) is 10.1 Å². The summed E-state index contributed by atoms with van der Waals surface area (Å²) in [7, 11) is 0. The Balaban J connectivity index is 2.61. The second-order valence-electron chi connectivity index (χ2n) is 5.09. The van der Waals surface area contributed by atoms with Gasteiger partial charge in [-0.1, -0.05) is 25.9 Å². The Bertz CT molecular complexity index is 541. The Kier molecular flexibility index (Phi) is 2.73. The Hall–Kier alpha value is -1.71. The van der Waals surface area contributed by atoms with Crippen molar-refractivity contribution in [3.05, 3.63) is 35.4 Å². The zero-order valence-corrected chi connectivity index (χ0v) is 10.4. The standard InChI is InChI=1S/C13H15FN2O/c1-8-15-12(17-16-8)10-6-5-9(14)7-11(10)13(2,3)4/h5-7H,1-4H3. The highest BCUT2D eigenvalue weighted by molar-refractivity contribution is 5.60. The number of hydrogen-bond donors (Lipinski definition) is 0. The third-order valence-corrected chi connectivity index (χ3v) is 2.55. The maximum atomic E-state index is 13.3. The van der Waals surface area contributed by atoms with E-state index in [2.05, 4.69) is 10.1 Å². The Morgan fingerprint density at radius 3 is 2.47 bits per heavy atom. The molecule has 0 saturated carbocycles. The molecular formula is C13H15FN2O. The van der Waals surface area contributed by atoms with Crippen LogP contribution >= 0.6 is 0 Å². The maximum Gasteiger partial charge on any atom is 0.258 e. The number of aromatic nitrogens is 2. The summed E-state index contributed by atoms with van der Waals surface area (Å²) >= 11 is 0. The van der Waals surface area contributed by atoms with Crippen molar-refractivity contribution in [2.75, 3.05) is 0 Å². The molecule has 0 atom stereocenters. The van der Waals surface area contributed by atoms with Crippen LogP contribution in [0.25, 0.3) is 11.5 Å². The molecule has 0 saturated heterocycles. The lowest BCUT2D eigenvalue weighted by molar-refractivity contribution is 0.424. The largest absolute Gasteiger partial charge is 0.334 e. The van der Waals surface area contributed by atoms with Gasteiger partial charge in [-0.05, 0) is 36.1 Å². The first-order valence-corrected chi connectivity index (χ1v) is 5.48. The normalized spacial score (nSPS) is 11.8. The van der Waals surface area contributed by atoms with E-state index < -0.39 is 0 Å². The summed E-state index contributed by atoms with van der Waals surface area (Å²) < 4.78 is 18.5. The van der Waals surface area contributed by atoms with Gasteiger partial charge in [-0.3, -0.25) is 0 Å². The third kappa shape index (κ3) is 2.35. The second-order valence-corrected chi connectivity index (χ2v) is 5.09. The summed E-state index contributed by atoms with van der Waals surface area (Å²) in [5, 5.41) is 3.76. The molecule has 1 heterocycles. The fourth-order valence-electron chi connectivity index (χ4n) is 1.73. The van der Waals surface area contributed by atoms with Gasteiger partial charge in [0.1, 0.15) is 5.82 Å². The summed E-state index contributed by atoms with van der Waals surface area (Å²) in [4.78, 5) is 4.18. The van der Waals surface area contributed by atoms with Crippen molar-refractivity contribution < 1.29 is 8.91 Å². The lowest BCUT2D eigenvalue weighted by atomic mass is 9.83. The van der Waals surface area contributed by atoms with Crippen molar-refractivity contribution >= 4 is 0 Å². The SMILES string of the molecule is Cc1noc(-c2ccc(F)cc2C(C)(C)C)n1. The van der Waals surface area contributed by atoms with Gasteiger partial charge in [0.05, 0.1) is 0 Å². The van der Waals surface area contributed by atoms with Gasteiger partial charge in [-0.25, -0.2) is 4.39 Å². The first-order valence-electron chi connectivity index (χ1n) is 5.48. The molecule has 0 aliphatic rings. The minimum Gasteiger partial charge on any atom is -0.334 e. The van der Waals surface area contributed by atoms with Crippen molar-refractivity contribution in [2.45, 2.75) is 33.1 Å². The van der Waals surface area contributed by atoms with Crippen LogP contribution in [0.5, 0.6) is 0 Å². The van der Waals surface area contributed by atoms with Gasteiger partial charge in [0, 0.05) is 5.56 Å². The summed E-state index contributed by atoms with van der Waals surface area (Å²) in [6.45, 7) is 7.82. The fraction of sp³-hybridized carbons (Fsp3) is 0.385. The van der Waals surface area contributed by atoms with Gasteiger partial charge < -0.3 is 4.52 Å². The van der Waals surface area contributed by atoms with Gasteiger partial charge in [-0.2, -0.15) is 4.98 Å². The minimum atomic E-state index is -0.255. The van der Waals surface area contributed by atoms with Crippen LogP contribution < -0.4 is 0 Å². The van der Waals surface area contributed by atoms with E-state index in [1.54, 1.807) is 13.0 Å². The molecule has 0 amide bonds. The molecule has 17 heavy (non-hydrogen) atoms. The molecule has 3 nitrogen and oxygen atoms in total. The van der Waals surface area contributed by atoms with Gasteiger partial charge in [0.2, 0.25) is 0 Å². The predicted molar refractivity (Wildman–Crippen MR) is 63.1 cm³/mol. The molecule has 0 spiro atoms. The highest BCUT2D eigenvalue weighted by Crippen LogP contribution is 2.32. The van der Waals surface area contributed by atoms with Crippen LogP contribution in [0.3, 0.4) is 0 Å². The van der Waals surface area contributed by atoms with Crippen LogP contribution in [0.15, 0.2) is 22.7 Å².